The van der Waals surface area contributed by atoms with Gasteiger partial charge in [-0.05, 0) is 0 Å². The Labute approximate surface area is 150 Å². The van der Waals surface area contributed by atoms with Gasteiger partial charge in [0.05, 0.1) is 0 Å². The van der Waals surface area contributed by atoms with Crippen molar-refractivity contribution >= 4 is 11.8 Å². The minimum atomic E-state index is -1.49. The molecule has 1 N–H and O–H groups in total. The van der Waals surface area contributed by atoms with Crippen LogP contribution in [0.25, 0.3) is 0 Å². The molecule has 1 aromatic carbocycles. The van der Waals surface area contributed by atoms with Gasteiger partial charge >= 0.3 is 150 Å². The molecule has 0 spiro atoms. The zero-order valence-corrected chi connectivity index (χ0v) is 18.5. The molecule has 0 bridgehead atoms. The van der Waals surface area contributed by atoms with Crippen LogP contribution in [-0.4, -0.2) is 12.7 Å². The third kappa shape index (κ3) is 3.99. The number of rotatable bonds is 6. The molecule has 3 unspecified atom stereocenters. The van der Waals surface area contributed by atoms with Crippen molar-refractivity contribution in [1.29, 1.82) is 0 Å². The topological polar surface area (TPSA) is 12.0 Å². The Bertz CT molecular complexity index is 605. The van der Waals surface area contributed by atoms with Crippen molar-refractivity contribution in [2.75, 3.05) is 0 Å². The Kier molecular flexibility index (Phi) is 6.68. The fraction of sp³-hybridized carbons (Fsp3) is 0.500. The molecule has 0 radical (unpaired) electrons. The Hall–Kier alpha value is -0.409. The van der Waals surface area contributed by atoms with Gasteiger partial charge in [-0.15, -0.1) is 0 Å². The summed E-state index contributed by atoms with van der Waals surface area (Å²) in [6.07, 6.45) is 1.22. The average Bonchev–Trinajstić information content (AvgIpc) is 2.76. The molecule has 3 atom stereocenters. The van der Waals surface area contributed by atoms with E-state index in [4.69, 9.17) is 0 Å². The zero-order valence-electron chi connectivity index (χ0n) is 15.8. The second kappa shape index (κ2) is 8.11. The molecule has 125 valence electrons. The van der Waals surface area contributed by atoms with Crippen molar-refractivity contribution in [1.82, 2.24) is 3.80 Å². The van der Waals surface area contributed by atoms with Crippen molar-refractivity contribution in [3.05, 3.63) is 50.9 Å². The van der Waals surface area contributed by atoms with E-state index in [-0.39, 0.29) is 0 Å². The number of nitrogens with one attached hydrogen (secondary N) is 1. The molecular formula is C20H32NSiTi. The molecule has 0 saturated carbocycles. The quantitative estimate of drug-likeness (QED) is 0.739. The summed E-state index contributed by atoms with van der Waals surface area (Å²) in [7, 11) is 0. The first-order chi connectivity index (χ1) is 10.9. The van der Waals surface area contributed by atoms with Crippen LogP contribution in [0.1, 0.15) is 48.0 Å². The molecule has 0 heterocycles. The van der Waals surface area contributed by atoms with E-state index < -0.39 is 24.0 Å². The molecule has 23 heavy (non-hydrogen) atoms. The molecule has 1 aromatic rings. The normalized spacial score (nSPS) is 20.9. The van der Waals surface area contributed by atoms with Crippen LogP contribution in [0.2, 0.25) is 6.55 Å². The van der Waals surface area contributed by atoms with Crippen molar-refractivity contribution in [3.8, 4) is 0 Å². The van der Waals surface area contributed by atoms with Crippen LogP contribution in [0.5, 0.6) is 0 Å². The molecule has 0 aliphatic heterocycles. The fourth-order valence-corrected chi connectivity index (χ4v) is 17.7. The monoisotopic (exact) mass is 362 g/mol. The van der Waals surface area contributed by atoms with Gasteiger partial charge in [0.2, 0.25) is 0 Å². The van der Waals surface area contributed by atoms with Gasteiger partial charge in [0.25, 0.3) is 0 Å². The van der Waals surface area contributed by atoms with E-state index in [9.17, 15) is 0 Å². The van der Waals surface area contributed by atoms with Crippen LogP contribution >= 0.6 is 0 Å². The summed E-state index contributed by atoms with van der Waals surface area (Å²) < 4.78 is 5.98. The van der Waals surface area contributed by atoms with Gasteiger partial charge in [0.15, 0.2) is 0 Å². The van der Waals surface area contributed by atoms with Gasteiger partial charge < -0.3 is 0 Å². The summed E-state index contributed by atoms with van der Waals surface area (Å²) in [6.45, 7) is 15.7. The first-order valence-electron chi connectivity index (χ1n) is 8.95. The molecule has 0 fully saturated rings. The van der Waals surface area contributed by atoms with E-state index in [1.165, 1.54) is 6.42 Å². The van der Waals surface area contributed by atoms with Gasteiger partial charge in [-0.25, -0.2) is 0 Å². The summed E-state index contributed by atoms with van der Waals surface area (Å²) in [5.74, 6) is 0.653. The van der Waals surface area contributed by atoms with Gasteiger partial charge in [0, 0.05) is 0 Å². The number of hydrogen-bond donors (Lipinski definition) is 1. The van der Waals surface area contributed by atoms with Crippen LogP contribution in [-0.2, 0) is 17.4 Å². The predicted octanol–water partition coefficient (Wildman–Crippen LogP) is 4.43. The van der Waals surface area contributed by atoms with Crippen molar-refractivity contribution in [2.24, 2.45) is 5.92 Å². The van der Waals surface area contributed by atoms with Crippen molar-refractivity contribution in [3.63, 3.8) is 0 Å². The van der Waals surface area contributed by atoms with Crippen molar-refractivity contribution < 1.29 is 17.4 Å². The summed E-state index contributed by atoms with van der Waals surface area (Å²) in [6, 6.07) is 11.9. The van der Waals surface area contributed by atoms with Gasteiger partial charge in [-0.2, -0.15) is 0 Å². The second-order valence-corrected chi connectivity index (χ2v) is 18.2. The molecule has 3 heteroatoms. The molecular weight excluding hydrogens is 330 g/mol. The van der Waals surface area contributed by atoms with E-state index in [1.54, 1.807) is 21.9 Å². The summed E-state index contributed by atoms with van der Waals surface area (Å²) in [5, 5.41) is 1.63. The maximum atomic E-state index is 4.15. The van der Waals surface area contributed by atoms with Crippen LogP contribution in [0, 0.1) is 5.92 Å². The third-order valence-corrected chi connectivity index (χ3v) is 18.9. The number of benzene rings is 1. The first-order valence-corrected chi connectivity index (χ1v) is 15.5. The van der Waals surface area contributed by atoms with Crippen LogP contribution in [0.15, 0.2) is 50.9 Å². The number of allylic oxidation sites excluding steroid dienone is 4. The van der Waals surface area contributed by atoms with E-state index in [1.807, 2.05) is 3.88 Å². The molecule has 1 nitrogen and oxygen atoms in total. The Morgan fingerprint density at radius 3 is 2.22 bits per heavy atom. The van der Waals surface area contributed by atoms with Gasteiger partial charge in [0.1, 0.15) is 0 Å². The Morgan fingerprint density at radius 1 is 1.13 bits per heavy atom. The molecule has 0 saturated heterocycles. The molecule has 0 aromatic heterocycles. The second-order valence-electron chi connectivity index (χ2n) is 7.07. The maximum absolute atomic E-state index is 4.15. The SMILES string of the molecule is CCC(C)[NH][Ti]([C]1=C(C)C(C)=C(C)C1C)[SiH](C)c1ccccc1. The molecule has 1 aliphatic carbocycles. The van der Waals surface area contributed by atoms with E-state index in [2.05, 4.69) is 82.2 Å². The average molecular weight is 362 g/mol. The summed E-state index contributed by atoms with van der Waals surface area (Å²) >= 11 is -1.49. The Morgan fingerprint density at radius 2 is 1.74 bits per heavy atom. The van der Waals surface area contributed by atoms with Crippen LogP contribution < -0.4 is 8.99 Å². The molecule has 1 aliphatic rings. The zero-order chi connectivity index (χ0) is 17.1. The van der Waals surface area contributed by atoms with Crippen LogP contribution in [0.4, 0.5) is 0 Å². The molecule has 2 rings (SSSR count). The van der Waals surface area contributed by atoms with E-state index in [0.717, 1.165) is 0 Å². The standard InChI is InChI=1S/C9H13.C7H9Si.C4H10N.Ti/c1-6-5-7(2)9(4)8(6)3;1-8-7-5-3-2-4-6-7;1-3-4(2)5;/h6H,1-4H3;2-6,8H,1H3;4-5H,3H2,1-2H3;/q;;-1;+1. The Balaban J connectivity index is 2.40. The van der Waals surface area contributed by atoms with Crippen molar-refractivity contribution in [2.45, 2.75) is 60.6 Å². The third-order valence-electron chi connectivity index (χ3n) is 5.68. The van der Waals surface area contributed by atoms with Gasteiger partial charge in [-0.1, -0.05) is 0 Å². The van der Waals surface area contributed by atoms with Crippen LogP contribution in [0.3, 0.4) is 0 Å². The predicted molar refractivity (Wildman–Crippen MR) is 102 cm³/mol. The number of hydrogen-bond acceptors (Lipinski definition) is 1. The van der Waals surface area contributed by atoms with Gasteiger partial charge in [-0.3, -0.25) is 0 Å². The van der Waals surface area contributed by atoms with E-state index >= 15 is 0 Å². The summed E-state index contributed by atoms with van der Waals surface area (Å²) in [5.41, 5.74) is 4.76. The van der Waals surface area contributed by atoms with E-state index in [0.29, 0.717) is 12.0 Å². The first kappa shape index (κ1) is 18.9. The minimum absolute atomic E-state index is 0.636. The summed E-state index contributed by atoms with van der Waals surface area (Å²) in [4.78, 5) is 0. The molecule has 0 amide bonds. The fourth-order valence-electron chi connectivity index (χ4n) is 3.51.